The van der Waals surface area contributed by atoms with E-state index in [0.29, 0.717) is 31.6 Å². The number of alkyl halides is 1. The summed E-state index contributed by atoms with van der Waals surface area (Å²) >= 11 is 0. The predicted octanol–water partition coefficient (Wildman–Crippen LogP) is 0.805. The Morgan fingerprint density at radius 2 is 2.23 bits per heavy atom. The zero-order valence-electron chi connectivity index (χ0n) is 7.22. The number of nitrogens with one attached hydrogen (secondary N) is 1. The van der Waals surface area contributed by atoms with Crippen LogP contribution < -0.4 is 11.1 Å². The van der Waals surface area contributed by atoms with Crippen molar-refractivity contribution >= 4 is 5.88 Å². The van der Waals surface area contributed by atoms with Gasteiger partial charge >= 0.3 is 0 Å². The number of anilines is 1. The van der Waals surface area contributed by atoms with Gasteiger partial charge in [-0.25, -0.2) is 4.39 Å². The second kappa shape index (κ2) is 2.99. The number of piperidine rings is 1. The Kier molecular flexibility index (Phi) is 1.95. The minimum Gasteiger partial charge on any atom is -0.368 e. The molecular formula is C8H12FN3O. The third-order valence-electron chi connectivity index (χ3n) is 2.38. The normalized spacial score (nSPS) is 21.6. The van der Waals surface area contributed by atoms with Gasteiger partial charge in [0.1, 0.15) is 5.69 Å². The van der Waals surface area contributed by atoms with E-state index >= 15 is 0 Å². The minimum atomic E-state index is -1.35. The van der Waals surface area contributed by atoms with E-state index in [1.54, 1.807) is 0 Å². The van der Waals surface area contributed by atoms with Crippen LogP contribution >= 0.6 is 0 Å². The fourth-order valence-electron chi connectivity index (χ4n) is 1.58. The summed E-state index contributed by atoms with van der Waals surface area (Å²) in [5.74, 6) is 0.172. The third kappa shape index (κ3) is 1.51. The minimum absolute atomic E-state index is 0.172. The quantitative estimate of drug-likeness (QED) is 0.679. The van der Waals surface area contributed by atoms with Gasteiger partial charge in [0.25, 0.3) is 0 Å². The van der Waals surface area contributed by atoms with Crippen LogP contribution in [0.5, 0.6) is 0 Å². The Balaban J connectivity index is 2.22. The maximum atomic E-state index is 14.1. The number of halogens is 1. The standard InChI is InChI=1S/C8H12FN3O/c9-8(1-3-11-4-2-8)6-5-7(10)13-12-6/h5,11H,1-4,10H2. The SMILES string of the molecule is Nc1cc(C2(F)CCNCC2)no1. The molecule has 0 aliphatic carbocycles. The topological polar surface area (TPSA) is 64.1 Å². The molecule has 2 rings (SSSR count). The van der Waals surface area contributed by atoms with Gasteiger partial charge in [-0.1, -0.05) is 5.16 Å². The van der Waals surface area contributed by atoms with Gasteiger partial charge in [-0.15, -0.1) is 0 Å². The molecule has 2 heterocycles. The molecule has 1 aliphatic heterocycles. The number of rotatable bonds is 1. The Morgan fingerprint density at radius 1 is 1.54 bits per heavy atom. The van der Waals surface area contributed by atoms with E-state index < -0.39 is 5.67 Å². The van der Waals surface area contributed by atoms with Crippen LogP contribution in [0.15, 0.2) is 10.6 Å². The molecule has 0 atom stereocenters. The number of hydrogen-bond acceptors (Lipinski definition) is 4. The molecule has 72 valence electrons. The molecule has 1 aromatic heterocycles. The van der Waals surface area contributed by atoms with E-state index in [0.717, 1.165) is 0 Å². The van der Waals surface area contributed by atoms with E-state index in [2.05, 4.69) is 15.0 Å². The van der Waals surface area contributed by atoms with Gasteiger partial charge in [0.15, 0.2) is 5.67 Å². The average Bonchev–Trinajstić information content (AvgIpc) is 2.54. The van der Waals surface area contributed by atoms with E-state index in [9.17, 15) is 4.39 Å². The molecule has 13 heavy (non-hydrogen) atoms. The Hall–Kier alpha value is -1.10. The van der Waals surface area contributed by atoms with Crippen LogP contribution in [0.25, 0.3) is 0 Å². The maximum absolute atomic E-state index is 14.1. The molecule has 1 saturated heterocycles. The maximum Gasteiger partial charge on any atom is 0.222 e. The van der Waals surface area contributed by atoms with Crippen LogP contribution in [0.1, 0.15) is 18.5 Å². The molecule has 3 N–H and O–H groups in total. The first-order valence-electron chi connectivity index (χ1n) is 4.33. The first-order valence-corrected chi connectivity index (χ1v) is 4.33. The lowest BCUT2D eigenvalue weighted by atomic mass is 9.91. The average molecular weight is 185 g/mol. The number of nitrogens with zero attached hydrogens (tertiary/aromatic N) is 1. The molecule has 0 radical (unpaired) electrons. The van der Waals surface area contributed by atoms with Crippen LogP contribution in [0, 0.1) is 0 Å². The van der Waals surface area contributed by atoms with Crippen molar-refractivity contribution in [2.75, 3.05) is 18.8 Å². The lowest BCUT2D eigenvalue weighted by molar-refractivity contribution is 0.105. The monoisotopic (exact) mass is 185 g/mol. The third-order valence-corrected chi connectivity index (χ3v) is 2.38. The van der Waals surface area contributed by atoms with Crippen molar-refractivity contribution < 1.29 is 8.91 Å². The highest BCUT2D eigenvalue weighted by atomic mass is 19.1. The summed E-state index contributed by atoms with van der Waals surface area (Å²) in [4.78, 5) is 0. The fraction of sp³-hybridized carbons (Fsp3) is 0.625. The van der Waals surface area contributed by atoms with Crippen molar-refractivity contribution in [3.63, 3.8) is 0 Å². The second-order valence-corrected chi connectivity index (χ2v) is 3.33. The van der Waals surface area contributed by atoms with Crippen LogP contribution in [-0.4, -0.2) is 18.2 Å². The molecule has 0 amide bonds. The second-order valence-electron chi connectivity index (χ2n) is 3.33. The molecular weight excluding hydrogens is 173 g/mol. The molecule has 0 unspecified atom stereocenters. The number of aromatic nitrogens is 1. The highest BCUT2D eigenvalue weighted by Crippen LogP contribution is 2.34. The first kappa shape index (κ1) is 8.50. The summed E-state index contributed by atoms with van der Waals surface area (Å²) in [5, 5.41) is 6.70. The molecule has 0 bridgehead atoms. The van der Waals surface area contributed by atoms with Crippen LogP contribution in [0.2, 0.25) is 0 Å². The van der Waals surface area contributed by atoms with Gasteiger partial charge in [0.05, 0.1) is 0 Å². The largest absolute Gasteiger partial charge is 0.368 e. The number of hydrogen-bond donors (Lipinski definition) is 2. The predicted molar refractivity (Wildman–Crippen MR) is 45.8 cm³/mol. The highest BCUT2D eigenvalue weighted by molar-refractivity contribution is 5.28. The zero-order valence-corrected chi connectivity index (χ0v) is 7.22. The van der Waals surface area contributed by atoms with E-state index in [1.165, 1.54) is 6.07 Å². The summed E-state index contributed by atoms with van der Waals surface area (Å²) in [6, 6.07) is 1.46. The zero-order chi connectivity index (χ0) is 9.31. The van der Waals surface area contributed by atoms with Crippen molar-refractivity contribution in [1.29, 1.82) is 0 Å². The molecule has 1 aromatic rings. The number of nitrogens with two attached hydrogens (primary N) is 1. The Bertz CT molecular complexity index is 293. The highest BCUT2D eigenvalue weighted by Gasteiger charge is 2.36. The first-order chi connectivity index (χ1) is 6.21. The lowest BCUT2D eigenvalue weighted by Crippen LogP contribution is -2.36. The van der Waals surface area contributed by atoms with Crippen LogP contribution in [-0.2, 0) is 5.67 Å². The van der Waals surface area contributed by atoms with Crippen molar-refractivity contribution in [1.82, 2.24) is 10.5 Å². The Labute approximate surface area is 75.3 Å². The van der Waals surface area contributed by atoms with Gasteiger partial charge in [-0.3, -0.25) is 0 Å². The van der Waals surface area contributed by atoms with Crippen molar-refractivity contribution in [3.05, 3.63) is 11.8 Å². The van der Waals surface area contributed by atoms with Crippen molar-refractivity contribution in [3.8, 4) is 0 Å². The van der Waals surface area contributed by atoms with Gasteiger partial charge in [-0.05, 0) is 25.9 Å². The van der Waals surface area contributed by atoms with E-state index in [1.807, 2.05) is 0 Å². The van der Waals surface area contributed by atoms with Gasteiger partial charge in [0.2, 0.25) is 5.88 Å². The summed E-state index contributed by atoms with van der Waals surface area (Å²) in [5.41, 5.74) is 4.30. The molecule has 1 aliphatic rings. The summed E-state index contributed by atoms with van der Waals surface area (Å²) < 4.78 is 18.8. The smallest absolute Gasteiger partial charge is 0.222 e. The van der Waals surface area contributed by atoms with Crippen LogP contribution in [0.3, 0.4) is 0 Å². The van der Waals surface area contributed by atoms with Gasteiger partial charge in [-0.2, -0.15) is 0 Å². The molecule has 0 aromatic carbocycles. The van der Waals surface area contributed by atoms with Gasteiger partial charge in [0, 0.05) is 6.07 Å². The summed E-state index contributed by atoms with van der Waals surface area (Å²) in [6.07, 6.45) is 0.859. The molecule has 4 nitrogen and oxygen atoms in total. The fourth-order valence-corrected chi connectivity index (χ4v) is 1.58. The van der Waals surface area contributed by atoms with E-state index in [-0.39, 0.29) is 5.88 Å². The lowest BCUT2D eigenvalue weighted by Gasteiger charge is -2.27. The molecule has 5 heteroatoms. The number of nitrogen functional groups attached to an aromatic ring is 1. The molecule has 1 fully saturated rings. The summed E-state index contributed by atoms with van der Waals surface area (Å²) in [6.45, 7) is 1.34. The van der Waals surface area contributed by atoms with Gasteiger partial charge < -0.3 is 15.6 Å². The van der Waals surface area contributed by atoms with Crippen LogP contribution in [0.4, 0.5) is 10.3 Å². The molecule has 0 spiro atoms. The molecule has 0 saturated carbocycles. The van der Waals surface area contributed by atoms with Crippen molar-refractivity contribution in [2.45, 2.75) is 18.5 Å². The summed E-state index contributed by atoms with van der Waals surface area (Å²) in [7, 11) is 0. The van der Waals surface area contributed by atoms with Crippen molar-refractivity contribution in [2.24, 2.45) is 0 Å². The van der Waals surface area contributed by atoms with E-state index in [4.69, 9.17) is 5.73 Å². The Morgan fingerprint density at radius 3 is 2.77 bits per heavy atom.